The van der Waals surface area contributed by atoms with E-state index in [4.69, 9.17) is 5.11 Å². The highest BCUT2D eigenvalue weighted by Crippen LogP contribution is 2.14. The van der Waals surface area contributed by atoms with E-state index in [2.05, 4.69) is 11.3 Å². The Morgan fingerprint density at radius 3 is 2.31 bits per heavy atom. The van der Waals surface area contributed by atoms with Crippen molar-refractivity contribution in [2.75, 3.05) is 6.61 Å². The Bertz CT molecular complexity index is 220. The molecule has 13 heavy (non-hydrogen) atoms. The number of carboxylic acid groups (broad SMARTS) is 1. The summed E-state index contributed by atoms with van der Waals surface area (Å²) >= 11 is 0. The van der Waals surface area contributed by atoms with Gasteiger partial charge in [0.15, 0.2) is 0 Å². The van der Waals surface area contributed by atoms with Crippen molar-refractivity contribution in [3.05, 3.63) is 12.2 Å². The monoisotopic (exact) mass is 186 g/mol. The molecule has 1 atom stereocenters. The quantitative estimate of drug-likeness (QED) is 0.518. The van der Waals surface area contributed by atoms with Crippen LogP contribution in [0.3, 0.4) is 0 Å². The zero-order valence-corrected chi connectivity index (χ0v) is 7.87. The van der Waals surface area contributed by atoms with Gasteiger partial charge < -0.3 is 9.84 Å². The fourth-order valence-corrected chi connectivity index (χ4v) is 0.936. The molecule has 0 spiro atoms. The van der Waals surface area contributed by atoms with Crippen molar-refractivity contribution in [2.24, 2.45) is 5.92 Å². The average Bonchev–Trinajstić information content (AvgIpc) is 2.05. The number of ether oxygens (including phenoxy) is 1. The van der Waals surface area contributed by atoms with Crippen LogP contribution in [-0.4, -0.2) is 23.7 Å². The largest absolute Gasteiger partial charge is 0.481 e. The van der Waals surface area contributed by atoms with Crippen LogP contribution in [0.15, 0.2) is 12.2 Å². The predicted octanol–water partition coefficient (Wildman–Crippen LogP) is 1.22. The van der Waals surface area contributed by atoms with Crippen LogP contribution in [0.5, 0.6) is 0 Å². The standard InChI is InChI=1S/C9H14O4/c1-4-7(8(10)11)6(3)9(12)13-5-2/h7H,3-5H2,1-2H3,(H,10,11). The number of carbonyl (C=O) groups excluding carboxylic acids is 1. The van der Waals surface area contributed by atoms with Crippen molar-refractivity contribution in [3.63, 3.8) is 0 Å². The molecule has 0 fully saturated rings. The van der Waals surface area contributed by atoms with E-state index in [1.807, 2.05) is 0 Å². The first kappa shape index (κ1) is 11.7. The first-order valence-corrected chi connectivity index (χ1v) is 4.13. The molecule has 0 aromatic heterocycles. The molecule has 0 amide bonds. The summed E-state index contributed by atoms with van der Waals surface area (Å²) in [7, 11) is 0. The molecular weight excluding hydrogens is 172 g/mol. The van der Waals surface area contributed by atoms with Crippen LogP contribution in [-0.2, 0) is 14.3 Å². The van der Waals surface area contributed by atoms with E-state index >= 15 is 0 Å². The smallest absolute Gasteiger partial charge is 0.334 e. The molecule has 1 N–H and O–H groups in total. The summed E-state index contributed by atoms with van der Waals surface area (Å²) in [5.41, 5.74) is 0.0110. The lowest BCUT2D eigenvalue weighted by molar-refractivity contribution is -0.145. The lowest BCUT2D eigenvalue weighted by atomic mass is 9.98. The average molecular weight is 186 g/mol. The highest BCUT2D eigenvalue weighted by atomic mass is 16.5. The number of aliphatic carboxylic acids is 1. The molecule has 0 aromatic rings. The molecule has 0 saturated heterocycles. The third-order valence-electron chi connectivity index (χ3n) is 1.66. The van der Waals surface area contributed by atoms with Gasteiger partial charge in [0.1, 0.15) is 0 Å². The first-order chi connectivity index (χ1) is 6.04. The minimum absolute atomic E-state index is 0.0110. The van der Waals surface area contributed by atoms with Gasteiger partial charge in [-0.3, -0.25) is 4.79 Å². The zero-order valence-electron chi connectivity index (χ0n) is 7.87. The van der Waals surface area contributed by atoms with Gasteiger partial charge in [-0.15, -0.1) is 0 Å². The number of carboxylic acids is 1. The highest BCUT2D eigenvalue weighted by molar-refractivity contribution is 5.94. The minimum Gasteiger partial charge on any atom is -0.481 e. The third-order valence-corrected chi connectivity index (χ3v) is 1.66. The van der Waals surface area contributed by atoms with E-state index in [0.29, 0.717) is 6.42 Å². The summed E-state index contributed by atoms with van der Waals surface area (Å²) in [5.74, 6) is -2.50. The van der Waals surface area contributed by atoms with E-state index in [9.17, 15) is 9.59 Å². The molecule has 1 unspecified atom stereocenters. The molecule has 0 heterocycles. The third kappa shape index (κ3) is 3.27. The predicted molar refractivity (Wildman–Crippen MR) is 47.2 cm³/mol. The molecule has 0 aliphatic rings. The summed E-state index contributed by atoms with van der Waals surface area (Å²) in [6.45, 7) is 6.98. The first-order valence-electron chi connectivity index (χ1n) is 4.13. The van der Waals surface area contributed by atoms with Crippen molar-refractivity contribution >= 4 is 11.9 Å². The van der Waals surface area contributed by atoms with Crippen LogP contribution in [0.25, 0.3) is 0 Å². The summed E-state index contributed by atoms with van der Waals surface area (Å²) in [5, 5.41) is 8.69. The second kappa shape index (κ2) is 5.35. The topological polar surface area (TPSA) is 63.6 Å². The van der Waals surface area contributed by atoms with Gasteiger partial charge in [-0.05, 0) is 13.3 Å². The van der Waals surface area contributed by atoms with Crippen LogP contribution >= 0.6 is 0 Å². The number of hydrogen-bond donors (Lipinski definition) is 1. The second-order valence-electron chi connectivity index (χ2n) is 2.54. The molecule has 4 nitrogen and oxygen atoms in total. The maximum absolute atomic E-state index is 11.1. The van der Waals surface area contributed by atoms with E-state index in [-0.39, 0.29) is 12.2 Å². The van der Waals surface area contributed by atoms with Gasteiger partial charge in [0.2, 0.25) is 0 Å². The second-order valence-corrected chi connectivity index (χ2v) is 2.54. The fourth-order valence-electron chi connectivity index (χ4n) is 0.936. The lowest BCUT2D eigenvalue weighted by Gasteiger charge is -2.11. The van der Waals surface area contributed by atoms with Crippen molar-refractivity contribution < 1.29 is 19.4 Å². The zero-order chi connectivity index (χ0) is 10.4. The van der Waals surface area contributed by atoms with E-state index in [1.54, 1.807) is 13.8 Å². The van der Waals surface area contributed by atoms with Crippen LogP contribution < -0.4 is 0 Å². The number of esters is 1. The molecule has 0 bridgehead atoms. The molecule has 0 rings (SSSR count). The van der Waals surface area contributed by atoms with E-state index in [0.717, 1.165) is 0 Å². The Hall–Kier alpha value is -1.32. The number of rotatable bonds is 5. The highest BCUT2D eigenvalue weighted by Gasteiger charge is 2.24. The number of carbonyl (C=O) groups is 2. The normalized spacial score (nSPS) is 11.8. The van der Waals surface area contributed by atoms with Crippen LogP contribution in [0.2, 0.25) is 0 Å². The molecule has 0 aromatic carbocycles. The van der Waals surface area contributed by atoms with Crippen molar-refractivity contribution in [1.82, 2.24) is 0 Å². The van der Waals surface area contributed by atoms with Gasteiger partial charge >= 0.3 is 11.9 Å². The molecule has 0 aliphatic carbocycles. The summed E-state index contributed by atoms with van der Waals surface area (Å²) in [6, 6.07) is 0. The molecule has 0 saturated carbocycles. The molecule has 74 valence electrons. The van der Waals surface area contributed by atoms with Gasteiger partial charge in [0, 0.05) is 5.57 Å². The van der Waals surface area contributed by atoms with Gasteiger partial charge in [0.25, 0.3) is 0 Å². The Morgan fingerprint density at radius 1 is 1.46 bits per heavy atom. The Balaban J connectivity index is 4.37. The SMILES string of the molecule is C=C(C(=O)OCC)C(CC)C(=O)O. The Labute approximate surface area is 77.2 Å². The minimum atomic E-state index is -1.04. The van der Waals surface area contributed by atoms with Gasteiger partial charge in [-0.1, -0.05) is 13.5 Å². The van der Waals surface area contributed by atoms with Crippen LogP contribution in [0.1, 0.15) is 20.3 Å². The summed E-state index contributed by atoms with van der Waals surface area (Å²) in [6.07, 6.45) is 0.340. The van der Waals surface area contributed by atoms with Gasteiger partial charge in [0.05, 0.1) is 12.5 Å². The lowest BCUT2D eigenvalue weighted by Crippen LogP contribution is -2.21. The maximum atomic E-state index is 11.1. The Kier molecular flexibility index (Phi) is 4.80. The van der Waals surface area contributed by atoms with Gasteiger partial charge in [-0.25, -0.2) is 4.79 Å². The molecular formula is C9H14O4. The molecule has 4 heteroatoms. The van der Waals surface area contributed by atoms with E-state index in [1.165, 1.54) is 0 Å². The van der Waals surface area contributed by atoms with Crippen LogP contribution in [0, 0.1) is 5.92 Å². The Morgan fingerprint density at radius 2 is 2.00 bits per heavy atom. The van der Waals surface area contributed by atoms with Crippen molar-refractivity contribution in [1.29, 1.82) is 0 Å². The van der Waals surface area contributed by atoms with Crippen LogP contribution in [0.4, 0.5) is 0 Å². The van der Waals surface area contributed by atoms with E-state index < -0.39 is 17.9 Å². The number of hydrogen-bond acceptors (Lipinski definition) is 3. The maximum Gasteiger partial charge on any atom is 0.334 e. The van der Waals surface area contributed by atoms with Gasteiger partial charge in [-0.2, -0.15) is 0 Å². The fraction of sp³-hybridized carbons (Fsp3) is 0.556. The molecule has 0 aliphatic heterocycles. The van der Waals surface area contributed by atoms with Crippen molar-refractivity contribution in [3.8, 4) is 0 Å². The van der Waals surface area contributed by atoms with Crippen molar-refractivity contribution in [2.45, 2.75) is 20.3 Å². The molecule has 0 radical (unpaired) electrons. The summed E-state index contributed by atoms with van der Waals surface area (Å²) < 4.78 is 4.63. The summed E-state index contributed by atoms with van der Waals surface area (Å²) in [4.78, 5) is 21.7.